The van der Waals surface area contributed by atoms with Crippen LogP contribution in [0.5, 0.6) is 0 Å². The normalized spacial score (nSPS) is 12.0. The maximum absolute atomic E-state index is 5.44. The Morgan fingerprint density at radius 2 is 1.46 bits per heavy atom. The number of ether oxygens (including phenoxy) is 2. The average molecular weight is 188 g/mol. The van der Waals surface area contributed by atoms with Gasteiger partial charge in [0.25, 0.3) is 0 Å². The van der Waals surface area contributed by atoms with Crippen molar-refractivity contribution in [2.75, 3.05) is 20.0 Å². The third kappa shape index (κ3) is 6.05. The van der Waals surface area contributed by atoms with Crippen molar-refractivity contribution < 1.29 is 9.47 Å². The van der Waals surface area contributed by atoms with Crippen molar-refractivity contribution >= 4 is 0 Å². The summed E-state index contributed by atoms with van der Waals surface area (Å²) in [6.45, 7) is 12.9. The van der Waals surface area contributed by atoms with Crippen molar-refractivity contribution in [3.63, 3.8) is 0 Å². The van der Waals surface area contributed by atoms with Crippen LogP contribution in [-0.2, 0) is 9.47 Å². The van der Waals surface area contributed by atoms with Gasteiger partial charge in [0.15, 0.2) is 0 Å². The predicted octanol–water partition coefficient (Wildman–Crippen LogP) is 2.93. The first-order valence-electron chi connectivity index (χ1n) is 5.25. The number of hydrogen-bond acceptors (Lipinski definition) is 2. The van der Waals surface area contributed by atoms with E-state index in [2.05, 4.69) is 27.7 Å². The highest BCUT2D eigenvalue weighted by Crippen LogP contribution is 2.20. The van der Waals surface area contributed by atoms with Crippen LogP contribution < -0.4 is 0 Å². The van der Waals surface area contributed by atoms with Gasteiger partial charge in [-0.05, 0) is 24.7 Å². The summed E-state index contributed by atoms with van der Waals surface area (Å²) in [4.78, 5) is 0. The summed E-state index contributed by atoms with van der Waals surface area (Å²) in [5.41, 5.74) is 0. The second-order valence-electron chi connectivity index (χ2n) is 4.13. The Kier molecular flexibility index (Phi) is 7.29. The SMILES string of the molecule is CCOCOCC(C(C)C)C(C)C. The van der Waals surface area contributed by atoms with Crippen LogP contribution >= 0.6 is 0 Å². The predicted molar refractivity (Wildman–Crippen MR) is 55.6 cm³/mol. The van der Waals surface area contributed by atoms with Crippen molar-refractivity contribution in [3.8, 4) is 0 Å². The van der Waals surface area contributed by atoms with Crippen LogP contribution in [0.25, 0.3) is 0 Å². The molecule has 0 saturated heterocycles. The molecule has 80 valence electrons. The minimum absolute atomic E-state index is 0.437. The molecule has 0 aliphatic rings. The van der Waals surface area contributed by atoms with E-state index in [-0.39, 0.29) is 0 Å². The summed E-state index contributed by atoms with van der Waals surface area (Å²) < 4.78 is 10.6. The zero-order valence-corrected chi connectivity index (χ0v) is 9.67. The van der Waals surface area contributed by atoms with Gasteiger partial charge in [0, 0.05) is 6.61 Å². The summed E-state index contributed by atoms with van der Waals surface area (Å²) in [6.07, 6.45) is 0. The van der Waals surface area contributed by atoms with Gasteiger partial charge in [-0.3, -0.25) is 0 Å². The fourth-order valence-electron chi connectivity index (χ4n) is 1.48. The van der Waals surface area contributed by atoms with Gasteiger partial charge in [-0.15, -0.1) is 0 Å². The molecule has 0 spiro atoms. The van der Waals surface area contributed by atoms with E-state index in [9.17, 15) is 0 Å². The Balaban J connectivity index is 3.58. The standard InChI is InChI=1S/C11H24O2/c1-6-12-8-13-7-11(9(2)3)10(4)5/h9-11H,6-8H2,1-5H3. The number of rotatable bonds is 7. The summed E-state index contributed by atoms with van der Waals surface area (Å²) in [5, 5.41) is 0. The average Bonchev–Trinajstić information content (AvgIpc) is 2.02. The van der Waals surface area contributed by atoms with E-state index in [0.29, 0.717) is 24.5 Å². The Labute approximate surface area is 82.6 Å². The summed E-state index contributed by atoms with van der Waals surface area (Å²) in [7, 11) is 0. The maximum atomic E-state index is 5.44. The highest BCUT2D eigenvalue weighted by atomic mass is 16.7. The van der Waals surface area contributed by atoms with Crippen molar-refractivity contribution in [3.05, 3.63) is 0 Å². The Morgan fingerprint density at radius 1 is 0.923 bits per heavy atom. The molecule has 0 unspecified atom stereocenters. The van der Waals surface area contributed by atoms with E-state index in [1.54, 1.807) is 0 Å². The molecule has 0 bridgehead atoms. The molecule has 0 aromatic rings. The Hall–Kier alpha value is -0.0800. The van der Waals surface area contributed by atoms with Gasteiger partial charge in [-0.1, -0.05) is 27.7 Å². The van der Waals surface area contributed by atoms with Crippen molar-refractivity contribution in [2.45, 2.75) is 34.6 Å². The monoisotopic (exact) mass is 188 g/mol. The molecule has 0 aromatic carbocycles. The van der Waals surface area contributed by atoms with Crippen LogP contribution in [-0.4, -0.2) is 20.0 Å². The molecule has 0 radical (unpaired) electrons. The van der Waals surface area contributed by atoms with Crippen LogP contribution in [0.2, 0.25) is 0 Å². The van der Waals surface area contributed by atoms with E-state index in [4.69, 9.17) is 9.47 Å². The second kappa shape index (κ2) is 7.34. The molecule has 0 aliphatic carbocycles. The maximum Gasteiger partial charge on any atom is 0.146 e. The van der Waals surface area contributed by atoms with Crippen molar-refractivity contribution in [2.24, 2.45) is 17.8 Å². The Morgan fingerprint density at radius 3 is 1.85 bits per heavy atom. The third-order valence-corrected chi connectivity index (χ3v) is 2.39. The van der Waals surface area contributed by atoms with Gasteiger partial charge in [-0.2, -0.15) is 0 Å². The molecule has 0 atom stereocenters. The van der Waals surface area contributed by atoms with Gasteiger partial charge in [0.05, 0.1) is 6.61 Å². The summed E-state index contributed by atoms with van der Waals surface area (Å²) in [5.74, 6) is 2.00. The molecule has 0 aromatic heterocycles. The van der Waals surface area contributed by atoms with Crippen LogP contribution in [0.1, 0.15) is 34.6 Å². The highest BCUT2D eigenvalue weighted by Gasteiger charge is 2.17. The van der Waals surface area contributed by atoms with E-state index >= 15 is 0 Å². The van der Waals surface area contributed by atoms with Crippen LogP contribution in [0.15, 0.2) is 0 Å². The van der Waals surface area contributed by atoms with Gasteiger partial charge in [0.2, 0.25) is 0 Å². The highest BCUT2D eigenvalue weighted by molar-refractivity contribution is 4.65. The Bertz CT molecular complexity index is 103. The van der Waals surface area contributed by atoms with Gasteiger partial charge < -0.3 is 9.47 Å². The quantitative estimate of drug-likeness (QED) is 0.452. The first kappa shape index (κ1) is 12.9. The molecule has 13 heavy (non-hydrogen) atoms. The summed E-state index contributed by atoms with van der Waals surface area (Å²) in [6, 6.07) is 0. The molecule has 0 saturated carbocycles. The molecule has 0 heterocycles. The smallest absolute Gasteiger partial charge is 0.146 e. The van der Waals surface area contributed by atoms with Crippen molar-refractivity contribution in [1.29, 1.82) is 0 Å². The fourth-order valence-corrected chi connectivity index (χ4v) is 1.48. The molecule has 0 amide bonds. The van der Waals surface area contributed by atoms with Gasteiger partial charge in [0.1, 0.15) is 6.79 Å². The lowest BCUT2D eigenvalue weighted by Crippen LogP contribution is -2.22. The topological polar surface area (TPSA) is 18.5 Å². The summed E-state index contributed by atoms with van der Waals surface area (Å²) >= 11 is 0. The molecule has 0 aliphatic heterocycles. The molecule has 2 nitrogen and oxygen atoms in total. The lowest BCUT2D eigenvalue weighted by Gasteiger charge is -2.24. The van der Waals surface area contributed by atoms with Crippen LogP contribution in [0, 0.1) is 17.8 Å². The molecule has 0 fully saturated rings. The molecule has 0 N–H and O–H groups in total. The third-order valence-electron chi connectivity index (χ3n) is 2.39. The molecular formula is C11H24O2. The lowest BCUT2D eigenvalue weighted by atomic mass is 9.86. The van der Waals surface area contributed by atoms with Gasteiger partial charge in [-0.25, -0.2) is 0 Å². The molecule has 2 heteroatoms. The van der Waals surface area contributed by atoms with Crippen LogP contribution in [0.3, 0.4) is 0 Å². The van der Waals surface area contributed by atoms with E-state index in [1.807, 2.05) is 6.92 Å². The number of hydrogen-bond donors (Lipinski definition) is 0. The second-order valence-corrected chi connectivity index (χ2v) is 4.13. The first-order chi connectivity index (χ1) is 6.09. The zero-order valence-electron chi connectivity index (χ0n) is 9.67. The molecular weight excluding hydrogens is 164 g/mol. The van der Waals surface area contributed by atoms with Crippen LogP contribution in [0.4, 0.5) is 0 Å². The zero-order chi connectivity index (χ0) is 10.3. The van der Waals surface area contributed by atoms with E-state index < -0.39 is 0 Å². The van der Waals surface area contributed by atoms with Gasteiger partial charge >= 0.3 is 0 Å². The lowest BCUT2D eigenvalue weighted by molar-refractivity contribution is -0.0697. The minimum atomic E-state index is 0.437. The largest absolute Gasteiger partial charge is 0.356 e. The fraction of sp³-hybridized carbons (Fsp3) is 1.00. The van der Waals surface area contributed by atoms with E-state index in [1.165, 1.54) is 0 Å². The van der Waals surface area contributed by atoms with E-state index in [0.717, 1.165) is 13.2 Å². The minimum Gasteiger partial charge on any atom is -0.356 e. The first-order valence-corrected chi connectivity index (χ1v) is 5.25. The molecule has 0 rings (SSSR count). The van der Waals surface area contributed by atoms with Crippen molar-refractivity contribution in [1.82, 2.24) is 0 Å².